The number of carbonyl (C=O) groups excluding carboxylic acids is 1. The maximum atomic E-state index is 13.6. The number of aromatic nitrogens is 2. The zero-order valence-corrected chi connectivity index (χ0v) is 16.3. The summed E-state index contributed by atoms with van der Waals surface area (Å²) in [6, 6.07) is 11.6. The Labute approximate surface area is 174 Å². The van der Waals surface area contributed by atoms with Gasteiger partial charge in [0.2, 0.25) is 5.95 Å². The Bertz CT molecular complexity index is 1060. The van der Waals surface area contributed by atoms with E-state index in [1.165, 1.54) is 37.4 Å². The van der Waals surface area contributed by atoms with Crippen LogP contribution in [0.2, 0.25) is 5.02 Å². The van der Waals surface area contributed by atoms with Gasteiger partial charge in [0.1, 0.15) is 5.82 Å². The molecule has 0 aliphatic carbocycles. The van der Waals surface area contributed by atoms with Gasteiger partial charge in [-0.2, -0.15) is 13.2 Å². The topological polar surface area (TPSA) is 58.1 Å². The lowest BCUT2D eigenvalue weighted by atomic mass is 10.1. The first kappa shape index (κ1) is 21.5. The Hall–Kier alpha value is -3.20. The van der Waals surface area contributed by atoms with Crippen LogP contribution in [0.15, 0.2) is 54.7 Å². The fraction of sp³-hybridized carbons (Fsp3) is 0.150. The number of amides is 1. The summed E-state index contributed by atoms with van der Waals surface area (Å²) < 4.78 is 53.7. The van der Waals surface area contributed by atoms with Gasteiger partial charge in [0.05, 0.1) is 5.56 Å². The normalized spacial score (nSPS) is 11.3. The lowest BCUT2D eigenvalue weighted by Crippen LogP contribution is -2.29. The molecule has 0 spiro atoms. The number of rotatable bonds is 5. The van der Waals surface area contributed by atoms with Crippen LogP contribution in [-0.4, -0.2) is 27.8 Å². The van der Waals surface area contributed by atoms with Crippen LogP contribution >= 0.6 is 11.6 Å². The minimum absolute atomic E-state index is 0.0150. The van der Waals surface area contributed by atoms with Crippen LogP contribution in [-0.2, 0) is 12.7 Å². The van der Waals surface area contributed by atoms with Crippen LogP contribution in [0, 0.1) is 5.82 Å². The van der Waals surface area contributed by atoms with Crippen molar-refractivity contribution in [2.45, 2.75) is 12.7 Å². The Morgan fingerprint density at radius 1 is 1.17 bits per heavy atom. The molecule has 5 nitrogen and oxygen atoms in total. The van der Waals surface area contributed by atoms with E-state index in [0.29, 0.717) is 16.3 Å². The van der Waals surface area contributed by atoms with Crippen molar-refractivity contribution in [3.63, 3.8) is 0 Å². The lowest BCUT2D eigenvalue weighted by molar-refractivity contribution is -0.141. The summed E-state index contributed by atoms with van der Waals surface area (Å²) in [5.41, 5.74) is -1.11. The Morgan fingerprint density at radius 3 is 2.50 bits per heavy atom. The molecular formula is C20H15ClF4N4O. The first-order chi connectivity index (χ1) is 14.1. The van der Waals surface area contributed by atoms with E-state index >= 15 is 0 Å². The quantitative estimate of drug-likeness (QED) is 0.549. The number of hydrogen-bond donors (Lipinski definition) is 1. The minimum Gasteiger partial charge on any atom is -0.337 e. The van der Waals surface area contributed by atoms with Gasteiger partial charge in [-0.1, -0.05) is 29.8 Å². The molecule has 0 saturated heterocycles. The molecule has 0 aliphatic rings. The van der Waals surface area contributed by atoms with Crippen LogP contribution < -0.4 is 5.32 Å². The molecule has 156 valence electrons. The minimum atomic E-state index is -4.88. The van der Waals surface area contributed by atoms with Gasteiger partial charge in [0.15, 0.2) is 5.69 Å². The first-order valence-corrected chi connectivity index (χ1v) is 8.98. The molecule has 1 aromatic heterocycles. The second kappa shape index (κ2) is 8.66. The number of nitrogens with zero attached hydrogens (tertiary/aromatic N) is 3. The average molecular weight is 439 g/mol. The van der Waals surface area contributed by atoms with Crippen molar-refractivity contribution >= 4 is 29.1 Å². The van der Waals surface area contributed by atoms with E-state index < -0.39 is 29.2 Å². The zero-order valence-electron chi connectivity index (χ0n) is 15.5. The van der Waals surface area contributed by atoms with Crippen LogP contribution in [0.25, 0.3) is 0 Å². The summed E-state index contributed by atoms with van der Waals surface area (Å²) in [5.74, 6) is -1.70. The van der Waals surface area contributed by atoms with E-state index in [-0.39, 0.29) is 12.5 Å². The number of anilines is 2. The number of carbonyl (C=O) groups is 1. The average Bonchev–Trinajstić information content (AvgIpc) is 2.68. The second-order valence-corrected chi connectivity index (χ2v) is 6.81. The van der Waals surface area contributed by atoms with Gasteiger partial charge < -0.3 is 10.2 Å². The molecule has 0 saturated carbocycles. The SMILES string of the molecule is CN(Cc1ccc(F)cc1)C(=O)c1cnc(Nc2cccc(Cl)c2)nc1C(F)(F)F. The molecule has 0 bridgehead atoms. The van der Waals surface area contributed by atoms with Gasteiger partial charge in [0, 0.05) is 30.5 Å². The van der Waals surface area contributed by atoms with E-state index in [1.54, 1.807) is 18.2 Å². The number of halogens is 5. The number of benzene rings is 2. The highest BCUT2D eigenvalue weighted by molar-refractivity contribution is 6.30. The predicted molar refractivity (Wildman–Crippen MR) is 104 cm³/mol. The molecule has 0 fully saturated rings. The van der Waals surface area contributed by atoms with Crippen molar-refractivity contribution in [1.29, 1.82) is 0 Å². The highest BCUT2D eigenvalue weighted by Crippen LogP contribution is 2.32. The Morgan fingerprint density at radius 2 is 1.87 bits per heavy atom. The molecule has 30 heavy (non-hydrogen) atoms. The molecule has 2 aromatic carbocycles. The Kier molecular flexibility index (Phi) is 6.21. The van der Waals surface area contributed by atoms with Crippen LogP contribution in [0.5, 0.6) is 0 Å². The van der Waals surface area contributed by atoms with E-state index in [9.17, 15) is 22.4 Å². The van der Waals surface area contributed by atoms with Gasteiger partial charge in [-0.15, -0.1) is 0 Å². The molecule has 1 N–H and O–H groups in total. The first-order valence-electron chi connectivity index (χ1n) is 8.60. The zero-order chi connectivity index (χ0) is 21.9. The van der Waals surface area contributed by atoms with Gasteiger partial charge in [0.25, 0.3) is 5.91 Å². The van der Waals surface area contributed by atoms with E-state index in [4.69, 9.17) is 11.6 Å². The Balaban J connectivity index is 1.87. The van der Waals surface area contributed by atoms with Crippen LogP contribution in [0.1, 0.15) is 21.6 Å². The van der Waals surface area contributed by atoms with E-state index in [2.05, 4.69) is 15.3 Å². The van der Waals surface area contributed by atoms with E-state index in [0.717, 1.165) is 11.1 Å². The largest absolute Gasteiger partial charge is 0.434 e. The second-order valence-electron chi connectivity index (χ2n) is 6.38. The number of alkyl halides is 3. The highest BCUT2D eigenvalue weighted by atomic mass is 35.5. The third-order valence-electron chi connectivity index (χ3n) is 4.05. The van der Waals surface area contributed by atoms with Crippen molar-refractivity contribution in [2.75, 3.05) is 12.4 Å². The van der Waals surface area contributed by atoms with Gasteiger partial charge >= 0.3 is 6.18 Å². The van der Waals surface area contributed by atoms with Gasteiger partial charge in [-0.05, 0) is 35.9 Å². The molecule has 1 heterocycles. The predicted octanol–water partition coefficient (Wildman–Crippen LogP) is 5.30. The molecule has 10 heteroatoms. The van der Waals surface area contributed by atoms with Gasteiger partial charge in [-0.25, -0.2) is 14.4 Å². The third-order valence-corrected chi connectivity index (χ3v) is 4.28. The van der Waals surface area contributed by atoms with Crippen molar-refractivity contribution in [3.8, 4) is 0 Å². The van der Waals surface area contributed by atoms with Crippen LogP contribution in [0.4, 0.5) is 29.2 Å². The highest BCUT2D eigenvalue weighted by Gasteiger charge is 2.38. The maximum Gasteiger partial charge on any atom is 0.434 e. The third kappa shape index (κ3) is 5.24. The summed E-state index contributed by atoms with van der Waals surface area (Å²) in [5, 5.41) is 3.01. The molecule has 3 rings (SSSR count). The standard InChI is InChI=1S/C20H15ClF4N4O/c1-29(11-12-5-7-14(22)8-6-12)18(30)16-10-26-19(28-17(16)20(23,24)25)27-15-4-2-3-13(21)9-15/h2-10H,11H2,1H3,(H,26,27,28). The molecule has 0 aliphatic heterocycles. The van der Waals surface area contributed by atoms with Crippen molar-refractivity contribution in [2.24, 2.45) is 0 Å². The van der Waals surface area contributed by atoms with Gasteiger partial charge in [-0.3, -0.25) is 4.79 Å². The monoisotopic (exact) mass is 438 g/mol. The summed E-state index contributed by atoms with van der Waals surface area (Å²) >= 11 is 5.86. The summed E-state index contributed by atoms with van der Waals surface area (Å²) in [6.45, 7) is -0.0150. The fourth-order valence-corrected chi connectivity index (χ4v) is 2.84. The van der Waals surface area contributed by atoms with Crippen molar-refractivity contribution in [1.82, 2.24) is 14.9 Å². The molecule has 0 radical (unpaired) electrons. The van der Waals surface area contributed by atoms with Crippen LogP contribution in [0.3, 0.4) is 0 Å². The summed E-state index contributed by atoms with van der Waals surface area (Å²) in [4.78, 5) is 21.0. The van der Waals surface area contributed by atoms with Crippen molar-refractivity contribution in [3.05, 3.63) is 82.4 Å². The summed E-state index contributed by atoms with van der Waals surface area (Å²) in [7, 11) is 1.34. The lowest BCUT2D eigenvalue weighted by Gasteiger charge is -2.20. The number of nitrogens with one attached hydrogen (secondary N) is 1. The molecule has 0 atom stereocenters. The molecule has 1 amide bonds. The molecular weight excluding hydrogens is 424 g/mol. The molecule has 3 aromatic rings. The number of hydrogen-bond acceptors (Lipinski definition) is 4. The van der Waals surface area contributed by atoms with E-state index in [1.807, 2.05) is 0 Å². The smallest absolute Gasteiger partial charge is 0.337 e. The summed E-state index contributed by atoms with van der Waals surface area (Å²) in [6.07, 6.45) is -4.05. The molecule has 0 unspecified atom stereocenters. The van der Waals surface area contributed by atoms with Crippen molar-refractivity contribution < 1.29 is 22.4 Å². The fourth-order valence-electron chi connectivity index (χ4n) is 2.65. The maximum absolute atomic E-state index is 13.6.